The zero-order valence-electron chi connectivity index (χ0n) is 6.44. The third-order valence-corrected chi connectivity index (χ3v) is 3.94. The van der Waals surface area contributed by atoms with Gasteiger partial charge in [-0.2, -0.15) is 8.42 Å². The van der Waals surface area contributed by atoms with E-state index < -0.39 is 10.2 Å². The van der Waals surface area contributed by atoms with Crippen LogP contribution < -0.4 is 0 Å². The molecule has 0 aliphatic rings. The average Bonchev–Trinajstić information content (AvgIpc) is 2.45. The van der Waals surface area contributed by atoms with Crippen molar-refractivity contribution < 1.29 is 12.3 Å². The summed E-state index contributed by atoms with van der Waals surface area (Å²) >= 11 is 6.25. The highest BCUT2D eigenvalue weighted by molar-refractivity contribution is 7.88. The van der Waals surface area contributed by atoms with Crippen LogP contribution in [0.2, 0.25) is 5.28 Å². The summed E-state index contributed by atoms with van der Waals surface area (Å²) in [6.45, 7) is 0. The predicted molar refractivity (Wildman–Crippen MR) is 50.7 cm³/mol. The van der Waals surface area contributed by atoms with Gasteiger partial charge < -0.3 is 0 Å². The zero-order valence-corrected chi connectivity index (χ0v) is 8.83. The summed E-state index contributed by atoms with van der Waals surface area (Å²) in [7, 11) is -4.67. The summed E-state index contributed by atoms with van der Waals surface area (Å²) in [5.74, 6) is 0. The molecule has 0 spiro atoms. The third-order valence-electron chi connectivity index (χ3n) is 1.46. The lowest BCUT2D eigenvalue weighted by molar-refractivity contribution is 0.554. The van der Waals surface area contributed by atoms with Gasteiger partial charge in [0.25, 0.3) is 0 Å². The van der Waals surface area contributed by atoms with Crippen molar-refractivity contribution >= 4 is 43.4 Å². The van der Waals surface area contributed by atoms with Gasteiger partial charge in [0.15, 0.2) is 4.21 Å². The minimum Gasteiger partial charge on any atom is -0.225 e. The molecule has 0 aliphatic heterocycles. The van der Waals surface area contributed by atoms with Crippen molar-refractivity contribution in [3.63, 3.8) is 0 Å². The molecule has 2 aromatic rings. The Morgan fingerprint density at radius 2 is 2.21 bits per heavy atom. The molecule has 0 radical (unpaired) electrons. The highest BCUT2D eigenvalue weighted by Crippen LogP contribution is 2.28. The minimum absolute atomic E-state index is 0.00175. The van der Waals surface area contributed by atoms with E-state index in [9.17, 15) is 12.3 Å². The van der Waals surface area contributed by atoms with Crippen molar-refractivity contribution in [1.29, 1.82) is 0 Å². The molecule has 0 amide bonds. The molecule has 2 heterocycles. The van der Waals surface area contributed by atoms with Crippen LogP contribution in [0.3, 0.4) is 0 Å². The van der Waals surface area contributed by atoms with Crippen molar-refractivity contribution in [2.24, 2.45) is 0 Å². The molecule has 74 valence electrons. The average molecular weight is 253 g/mol. The summed E-state index contributed by atoms with van der Waals surface area (Å²) in [4.78, 5) is 7.39. The van der Waals surface area contributed by atoms with Gasteiger partial charge in [-0.15, -0.1) is 11.3 Å². The predicted octanol–water partition coefficient (Wildman–Crippen LogP) is 2.00. The van der Waals surface area contributed by atoms with Crippen molar-refractivity contribution in [3.8, 4) is 0 Å². The lowest BCUT2D eigenvalue weighted by atomic mass is 10.5. The Labute approximate surface area is 87.6 Å². The normalized spacial score (nSPS) is 12.1. The fourth-order valence-electron chi connectivity index (χ4n) is 0.913. The SMILES string of the molecule is O=S(=O)(F)c1cc2nc(Cl)ncc2s1. The maximum Gasteiger partial charge on any atom is 0.341 e. The van der Waals surface area contributed by atoms with Gasteiger partial charge in [-0.1, -0.05) is 3.89 Å². The fraction of sp³-hybridized carbons (Fsp3) is 0. The second-order valence-corrected chi connectivity index (χ2v) is 5.39. The summed E-state index contributed by atoms with van der Waals surface area (Å²) < 4.78 is 33.8. The Morgan fingerprint density at radius 1 is 1.50 bits per heavy atom. The monoisotopic (exact) mass is 252 g/mol. The van der Waals surface area contributed by atoms with E-state index in [-0.39, 0.29) is 9.49 Å². The van der Waals surface area contributed by atoms with E-state index in [2.05, 4.69) is 9.97 Å². The molecule has 0 aliphatic carbocycles. The third kappa shape index (κ3) is 1.70. The Balaban J connectivity index is 2.75. The number of hydrogen-bond donors (Lipinski definition) is 0. The summed E-state index contributed by atoms with van der Waals surface area (Å²) in [5.41, 5.74) is 0.325. The summed E-state index contributed by atoms with van der Waals surface area (Å²) in [6.07, 6.45) is 1.35. The number of rotatable bonds is 1. The molecule has 0 atom stereocenters. The molecular formula is C6H2ClFN2O2S2. The second-order valence-electron chi connectivity index (χ2n) is 2.39. The van der Waals surface area contributed by atoms with E-state index in [1.165, 1.54) is 6.20 Å². The van der Waals surface area contributed by atoms with Crippen LogP contribution in [0.25, 0.3) is 10.2 Å². The van der Waals surface area contributed by atoms with E-state index in [1.54, 1.807) is 0 Å². The molecular weight excluding hydrogens is 251 g/mol. The lowest BCUT2D eigenvalue weighted by Gasteiger charge is -1.86. The Kier molecular flexibility index (Phi) is 2.17. The van der Waals surface area contributed by atoms with Crippen molar-refractivity contribution in [2.45, 2.75) is 4.21 Å². The second kappa shape index (κ2) is 3.11. The van der Waals surface area contributed by atoms with E-state index in [0.717, 1.165) is 17.4 Å². The van der Waals surface area contributed by atoms with Gasteiger partial charge in [-0.05, 0) is 17.7 Å². The number of hydrogen-bond acceptors (Lipinski definition) is 5. The molecule has 0 saturated heterocycles. The molecule has 0 saturated carbocycles. The number of thiophene rings is 1. The van der Waals surface area contributed by atoms with E-state index in [1.807, 2.05) is 0 Å². The summed E-state index contributed by atoms with van der Waals surface area (Å²) in [6, 6.07) is 1.13. The molecule has 0 bridgehead atoms. The van der Waals surface area contributed by atoms with Gasteiger partial charge in [-0.3, -0.25) is 0 Å². The highest BCUT2D eigenvalue weighted by Gasteiger charge is 2.16. The molecule has 0 N–H and O–H groups in total. The van der Waals surface area contributed by atoms with Crippen LogP contribution in [0.4, 0.5) is 3.89 Å². The Bertz CT molecular complexity index is 595. The van der Waals surface area contributed by atoms with Gasteiger partial charge in [0, 0.05) is 6.20 Å². The Hall–Kier alpha value is -0.790. The first-order valence-electron chi connectivity index (χ1n) is 3.33. The van der Waals surface area contributed by atoms with Gasteiger partial charge in [-0.25, -0.2) is 9.97 Å². The van der Waals surface area contributed by atoms with Crippen molar-refractivity contribution in [1.82, 2.24) is 9.97 Å². The van der Waals surface area contributed by atoms with E-state index >= 15 is 0 Å². The molecule has 8 heteroatoms. The standard InChI is InChI=1S/C6H2ClFN2O2S2/c7-6-9-2-4-3(10-6)1-5(13-4)14(8,11)12/h1-2H. The highest BCUT2D eigenvalue weighted by atomic mass is 35.5. The van der Waals surface area contributed by atoms with E-state index in [4.69, 9.17) is 11.6 Å². The molecule has 2 aromatic heterocycles. The van der Waals surface area contributed by atoms with Crippen LogP contribution in [0.5, 0.6) is 0 Å². The molecule has 0 aromatic carbocycles. The van der Waals surface area contributed by atoms with E-state index in [0.29, 0.717) is 10.2 Å². The molecule has 0 fully saturated rings. The molecule has 0 unspecified atom stereocenters. The van der Waals surface area contributed by atoms with Crippen LogP contribution >= 0.6 is 22.9 Å². The van der Waals surface area contributed by atoms with Crippen LogP contribution in [0.15, 0.2) is 16.5 Å². The van der Waals surface area contributed by atoms with Gasteiger partial charge in [0.1, 0.15) is 0 Å². The minimum atomic E-state index is -4.67. The van der Waals surface area contributed by atoms with Crippen LogP contribution in [0, 0.1) is 0 Å². The zero-order chi connectivity index (χ0) is 10.3. The Morgan fingerprint density at radius 3 is 2.86 bits per heavy atom. The molecule has 14 heavy (non-hydrogen) atoms. The topological polar surface area (TPSA) is 59.9 Å². The fourth-order valence-corrected chi connectivity index (χ4v) is 2.67. The number of halogens is 2. The largest absolute Gasteiger partial charge is 0.341 e. The smallest absolute Gasteiger partial charge is 0.225 e. The van der Waals surface area contributed by atoms with Crippen LogP contribution in [-0.4, -0.2) is 18.4 Å². The van der Waals surface area contributed by atoms with Crippen LogP contribution in [-0.2, 0) is 10.2 Å². The molecule has 4 nitrogen and oxygen atoms in total. The quantitative estimate of drug-likeness (QED) is 0.575. The first-order chi connectivity index (χ1) is 6.47. The maximum absolute atomic E-state index is 12.6. The number of aromatic nitrogens is 2. The first kappa shape index (κ1) is 9.75. The maximum atomic E-state index is 12.6. The summed E-state index contributed by atoms with van der Waals surface area (Å²) in [5, 5.41) is -0.00175. The van der Waals surface area contributed by atoms with Gasteiger partial charge in [0.2, 0.25) is 5.28 Å². The van der Waals surface area contributed by atoms with Crippen LogP contribution in [0.1, 0.15) is 0 Å². The lowest BCUT2D eigenvalue weighted by Crippen LogP contribution is -1.85. The number of fused-ring (bicyclic) bond motifs is 1. The number of nitrogens with zero attached hydrogens (tertiary/aromatic N) is 2. The molecule has 2 rings (SSSR count). The first-order valence-corrected chi connectivity index (χ1v) is 5.91. The van der Waals surface area contributed by atoms with Crippen molar-refractivity contribution in [3.05, 3.63) is 17.5 Å². The van der Waals surface area contributed by atoms with Gasteiger partial charge >= 0.3 is 10.2 Å². The van der Waals surface area contributed by atoms with Crippen molar-refractivity contribution in [2.75, 3.05) is 0 Å². The van der Waals surface area contributed by atoms with Gasteiger partial charge in [0.05, 0.1) is 10.2 Å².